The summed E-state index contributed by atoms with van der Waals surface area (Å²) in [5.74, 6) is -0.270. The lowest BCUT2D eigenvalue weighted by Gasteiger charge is -2.30. The molecule has 0 bridgehead atoms. The third kappa shape index (κ3) is 4.55. The van der Waals surface area contributed by atoms with Crippen LogP contribution >= 0.6 is 0 Å². The summed E-state index contributed by atoms with van der Waals surface area (Å²) in [4.78, 5) is 28.6. The largest absolute Gasteiger partial charge is 0.467 e. The van der Waals surface area contributed by atoms with Gasteiger partial charge in [0.2, 0.25) is 5.91 Å². The summed E-state index contributed by atoms with van der Waals surface area (Å²) in [5, 5.41) is 0. The Balaban J connectivity index is 2.05. The SMILES string of the molecule is COC(=O)[C@@H]1CC[C@@H](CN(C)C)N1C(=O)CCc1ccccc1. The van der Waals surface area contributed by atoms with E-state index in [9.17, 15) is 9.59 Å². The van der Waals surface area contributed by atoms with Crippen LogP contribution in [-0.2, 0) is 20.7 Å². The molecule has 1 aliphatic rings. The molecule has 1 aliphatic heterocycles. The average Bonchev–Trinajstić information content (AvgIpc) is 2.95. The van der Waals surface area contributed by atoms with Gasteiger partial charge in [-0.15, -0.1) is 0 Å². The molecule has 126 valence electrons. The maximum atomic E-state index is 12.7. The minimum absolute atomic E-state index is 0.0357. The number of hydrogen-bond donors (Lipinski definition) is 0. The molecule has 1 aromatic carbocycles. The quantitative estimate of drug-likeness (QED) is 0.749. The normalized spacial score (nSPS) is 20.8. The van der Waals surface area contributed by atoms with E-state index in [0.29, 0.717) is 19.3 Å². The van der Waals surface area contributed by atoms with Crippen molar-refractivity contribution in [3.63, 3.8) is 0 Å². The van der Waals surface area contributed by atoms with Crippen molar-refractivity contribution < 1.29 is 14.3 Å². The summed E-state index contributed by atoms with van der Waals surface area (Å²) in [6.45, 7) is 0.768. The highest BCUT2D eigenvalue weighted by molar-refractivity contribution is 5.85. The summed E-state index contributed by atoms with van der Waals surface area (Å²) < 4.78 is 4.88. The summed E-state index contributed by atoms with van der Waals surface area (Å²) >= 11 is 0. The standard InChI is InChI=1S/C18H26N2O3/c1-19(2)13-15-10-11-16(18(22)23-3)20(15)17(21)12-9-14-7-5-4-6-8-14/h4-8,15-16H,9-13H2,1-3H3/t15-,16-/m0/s1. The van der Waals surface area contributed by atoms with Gasteiger partial charge in [-0.1, -0.05) is 30.3 Å². The Kier molecular flexibility index (Phi) is 6.16. The van der Waals surface area contributed by atoms with Crippen molar-refractivity contribution in [2.24, 2.45) is 0 Å². The Hall–Kier alpha value is -1.88. The Morgan fingerprint density at radius 2 is 1.91 bits per heavy atom. The molecule has 0 saturated carbocycles. The van der Waals surface area contributed by atoms with Gasteiger partial charge in [-0.2, -0.15) is 0 Å². The Labute approximate surface area is 138 Å². The highest BCUT2D eigenvalue weighted by Gasteiger charge is 2.41. The molecule has 2 rings (SSSR count). The van der Waals surface area contributed by atoms with E-state index in [-0.39, 0.29) is 17.9 Å². The first-order chi connectivity index (χ1) is 11.0. The van der Waals surface area contributed by atoms with Gasteiger partial charge in [0.25, 0.3) is 0 Å². The van der Waals surface area contributed by atoms with Crippen LogP contribution in [0.5, 0.6) is 0 Å². The summed E-state index contributed by atoms with van der Waals surface area (Å²) in [6, 6.07) is 9.60. The zero-order chi connectivity index (χ0) is 16.8. The van der Waals surface area contributed by atoms with E-state index >= 15 is 0 Å². The number of hydrogen-bond acceptors (Lipinski definition) is 4. The number of likely N-dealkylation sites (N-methyl/N-ethyl adjacent to an activating group) is 1. The smallest absolute Gasteiger partial charge is 0.328 e. The van der Waals surface area contributed by atoms with Crippen LogP contribution in [0.25, 0.3) is 0 Å². The van der Waals surface area contributed by atoms with Gasteiger partial charge in [0.1, 0.15) is 6.04 Å². The Morgan fingerprint density at radius 3 is 2.52 bits per heavy atom. The molecule has 23 heavy (non-hydrogen) atoms. The number of methoxy groups -OCH3 is 1. The first-order valence-electron chi connectivity index (χ1n) is 8.10. The van der Waals surface area contributed by atoms with E-state index in [0.717, 1.165) is 18.5 Å². The molecule has 1 amide bonds. The Morgan fingerprint density at radius 1 is 1.22 bits per heavy atom. The third-order valence-corrected chi connectivity index (χ3v) is 4.31. The highest BCUT2D eigenvalue weighted by Crippen LogP contribution is 2.27. The predicted molar refractivity (Wildman–Crippen MR) is 89.0 cm³/mol. The van der Waals surface area contributed by atoms with E-state index in [1.165, 1.54) is 7.11 Å². The molecule has 0 N–H and O–H groups in total. The number of carbonyl (C=O) groups is 2. The number of nitrogens with zero attached hydrogens (tertiary/aromatic N) is 2. The van der Waals surface area contributed by atoms with Crippen LogP contribution in [0.15, 0.2) is 30.3 Å². The van der Waals surface area contributed by atoms with Crippen molar-refractivity contribution in [1.82, 2.24) is 9.80 Å². The number of rotatable bonds is 6. The Bertz CT molecular complexity index is 530. The number of ether oxygens (including phenoxy) is 1. The van der Waals surface area contributed by atoms with Gasteiger partial charge in [-0.05, 0) is 38.9 Å². The maximum Gasteiger partial charge on any atom is 0.328 e. The molecule has 1 heterocycles. The maximum absolute atomic E-state index is 12.7. The monoisotopic (exact) mass is 318 g/mol. The molecule has 5 heteroatoms. The van der Waals surface area contributed by atoms with Crippen LogP contribution in [0.4, 0.5) is 0 Å². The molecule has 0 radical (unpaired) electrons. The molecule has 5 nitrogen and oxygen atoms in total. The summed E-state index contributed by atoms with van der Waals surface area (Å²) in [5.41, 5.74) is 1.14. The molecule has 0 spiro atoms. The van der Waals surface area contributed by atoms with Crippen molar-refractivity contribution in [3.05, 3.63) is 35.9 Å². The van der Waals surface area contributed by atoms with E-state index in [4.69, 9.17) is 4.74 Å². The van der Waals surface area contributed by atoms with Gasteiger partial charge in [0.05, 0.1) is 7.11 Å². The van der Waals surface area contributed by atoms with Crippen LogP contribution in [0.2, 0.25) is 0 Å². The fourth-order valence-corrected chi connectivity index (χ4v) is 3.25. The van der Waals surface area contributed by atoms with Crippen molar-refractivity contribution >= 4 is 11.9 Å². The number of benzene rings is 1. The molecule has 0 unspecified atom stereocenters. The average molecular weight is 318 g/mol. The zero-order valence-corrected chi connectivity index (χ0v) is 14.2. The van der Waals surface area contributed by atoms with Gasteiger partial charge in [0, 0.05) is 19.0 Å². The fraction of sp³-hybridized carbons (Fsp3) is 0.556. The lowest BCUT2D eigenvalue weighted by molar-refractivity contribution is -0.152. The van der Waals surface area contributed by atoms with E-state index in [1.54, 1.807) is 4.90 Å². The molecule has 0 aliphatic carbocycles. The lowest BCUT2D eigenvalue weighted by Crippen LogP contribution is -2.48. The molecule has 0 aromatic heterocycles. The third-order valence-electron chi connectivity index (χ3n) is 4.31. The van der Waals surface area contributed by atoms with Crippen molar-refractivity contribution in [3.8, 4) is 0 Å². The van der Waals surface area contributed by atoms with Gasteiger partial charge in [0.15, 0.2) is 0 Å². The van der Waals surface area contributed by atoms with Crippen LogP contribution < -0.4 is 0 Å². The molecule has 1 fully saturated rings. The number of esters is 1. The molecular weight excluding hydrogens is 292 g/mol. The van der Waals surface area contributed by atoms with Crippen molar-refractivity contribution in [1.29, 1.82) is 0 Å². The van der Waals surface area contributed by atoms with Crippen LogP contribution in [0, 0.1) is 0 Å². The second-order valence-corrected chi connectivity index (χ2v) is 6.32. The van der Waals surface area contributed by atoms with Gasteiger partial charge in [-0.3, -0.25) is 4.79 Å². The fourth-order valence-electron chi connectivity index (χ4n) is 3.25. The van der Waals surface area contributed by atoms with Crippen LogP contribution in [-0.4, -0.2) is 61.5 Å². The summed E-state index contributed by atoms with van der Waals surface area (Å²) in [6.07, 6.45) is 2.64. The highest BCUT2D eigenvalue weighted by atomic mass is 16.5. The topological polar surface area (TPSA) is 49.9 Å². The van der Waals surface area contributed by atoms with Gasteiger partial charge in [-0.25, -0.2) is 4.79 Å². The van der Waals surface area contributed by atoms with Crippen LogP contribution in [0.1, 0.15) is 24.8 Å². The molecular formula is C18H26N2O3. The number of carbonyl (C=O) groups excluding carboxylic acids is 2. The molecule has 1 aromatic rings. The minimum Gasteiger partial charge on any atom is -0.467 e. The van der Waals surface area contributed by atoms with Gasteiger partial charge < -0.3 is 14.5 Å². The van der Waals surface area contributed by atoms with E-state index < -0.39 is 6.04 Å². The number of likely N-dealkylation sites (tertiary alicyclic amines) is 1. The number of aryl methyl sites for hydroxylation is 1. The van der Waals surface area contributed by atoms with Crippen LogP contribution in [0.3, 0.4) is 0 Å². The number of amides is 1. The van der Waals surface area contributed by atoms with E-state index in [2.05, 4.69) is 4.90 Å². The first kappa shape index (κ1) is 17.5. The second-order valence-electron chi connectivity index (χ2n) is 6.32. The molecule has 1 saturated heterocycles. The van der Waals surface area contributed by atoms with E-state index in [1.807, 2.05) is 44.4 Å². The predicted octanol–water partition coefficient (Wildman–Crippen LogP) is 1.71. The molecule has 2 atom stereocenters. The zero-order valence-electron chi connectivity index (χ0n) is 14.2. The second kappa shape index (κ2) is 8.11. The van der Waals surface area contributed by atoms with Crippen molar-refractivity contribution in [2.45, 2.75) is 37.8 Å². The summed E-state index contributed by atoms with van der Waals surface area (Å²) in [7, 11) is 5.35. The minimum atomic E-state index is -0.437. The van der Waals surface area contributed by atoms with Crippen molar-refractivity contribution in [2.75, 3.05) is 27.7 Å². The van der Waals surface area contributed by atoms with Gasteiger partial charge >= 0.3 is 5.97 Å². The lowest BCUT2D eigenvalue weighted by atomic mass is 10.1. The first-order valence-corrected chi connectivity index (χ1v) is 8.10.